The molecule has 2 heteroatoms. The Hall–Kier alpha value is -1.49. The maximum Gasteiger partial charge on any atom is 0.115 e. The lowest BCUT2D eigenvalue weighted by Crippen LogP contribution is -2.35. The zero-order valence-electron chi connectivity index (χ0n) is 12.0. The number of phenolic OH excluding ortho intramolecular Hbond substituents is 1. The first-order chi connectivity index (χ1) is 8.21. The van der Waals surface area contributed by atoms with Crippen molar-refractivity contribution in [1.29, 1.82) is 5.26 Å². The van der Waals surface area contributed by atoms with Gasteiger partial charge in [0.15, 0.2) is 0 Å². The molecule has 0 fully saturated rings. The molecule has 0 amide bonds. The van der Waals surface area contributed by atoms with Gasteiger partial charge >= 0.3 is 0 Å². The van der Waals surface area contributed by atoms with Gasteiger partial charge < -0.3 is 5.11 Å². The monoisotopic (exact) mass is 245 g/mol. The molecule has 0 aliphatic heterocycles. The minimum atomic E-state index is -0.494. The van der Waals surface area contributed by atoms with Crippen molar-refractivity contribution in [3.63, 3.8) is 0 Å². The Bertz CT molecular complexity index is 434. The molecular weight excluding hydrogens is 222 g/mol. The predicted molar refractivity (Wildman–Crippen MR) is 74.3 cm³/mol. The summed E-state index contributed by atoms with van der Waals surface area (Å²) in [5.74, 6) is 0.469. The van der Waals surface area contributed by atoms with Crippen LogP contribution in [0.25, 0.3) is 0 Å². The zero-order chi connectivity index (χ0) is 14.0. The van der Waals surface area contributed by atoms with Crippen LogP contribution >= 0.6 is 0 Å². The van der Waals surface area contributed by atoms with E-state index in [4.69, 9.17) is 0 Å². The average Bonchev–Trinajstić information content (AvgIpc) is 2.25. The van der Waals surface area contributed by atoms with Crippen molar-refractivity contribution in [3.05, 3.63) is 29.8 Å². The highest BCUT2D eigenvalue weighted by molar-refractivity contribution is 5.37. The summed E-state index contributed by atoms with van der Waals surface area (Å²) < 4.78 is 0. The minimum Gasteiger partial charge on any atom is -0.508 e. The SMILES string of the molecule is CC(C)C(C#N)(CC(C)(C)C)c1ccc(O)cc1. The summed E-state index contributed by atoms with van der Waals surface area (Å²) >= 11 is 0. The van der Waals surface area contributed by atoms with Crippen LogP contribution in [0.15, 0.2) is 24.3 Å². The molecule has 0 bridgehead atoms. The van der Waals surface area contributed by atoms with E-state index in [2.05, 4.69) is 40.7 Å². The van der Waals surface area contributed by atoms with Crippen molar-refractivity contribution < 1.29 is 5.11 Å². The molecule has 0 aromatic heterocycles. The first-order valence-electron chi connectivity index (χ1n) is 6.42. The molecule has 1 unspecified atom stereocenters. The number of aromatic hydroxyl groups is 1. The molecule has 1 N–H and O–H groups in total. The Morgan fingerprint density at radius 2 is 1.67 bits per heavy atom. The summed E-state index contributed by atoms with van der Waals surface area (Å²) in [5, 5.41) is 19.1. The minimum absolute atomic E-state index is 0.0812. The second kappa shape index (κ2) is 5.02. The van der Waals surface area contributed by atoms with Crippen LogP contribution in [0.2, 0.25) is 0 Å². The first kappa shape index (κ1) is 14.6. The zero-order valence-corrected chi connectivity index (χ0v) is 12.0. The van der Waals surface area contributed by atoms with Crippen molar-refractivity contribution in [3.8, 4) is 11.8 Å². The molecule has 0 aliphatic rings. The van der Waals surface area contributed by atoms with Crippen LogP contribution in [0.4, 0.5) is 0 Å². The third kappa shape index (κ3) is 3.04. The van der Waals surface area contributed by atoms with Gasteiger partial charge in [-0.05, 0) is 35.4 Å². The van der Waals surface area contributed by atoms with Gasteiger partial charge in [-0.25, -0.2) is 0 Å². The summed E-state index contributed by atoms with van der Waals surface area (Å²) in [4.78, 5) is 0. The van der Waals surface area contributed by atoms with E-state index < -0.39 is 5.41 Å². The summed E-state index contributed by atoms with van der Waals surface area (Å²) in [5.41, 5.74) is 0.580. The van der Waals surface area contributed by atoms with Crippen molar-refractivity contribution in [1.82, 2.24) is 0 Å². The lowest BCUT2D eigenvalue weighted by Gasteiger charge is -2.37. The summed E-state index contributed by atoms with van der Waals surface area (Å²) in [6.07, 6.45) is 0.805. The molecule has 1 atom stereocenters. The Morgan fingerprint density at radius 1 is 1.17 bits per heavy atom. The van der Waals surface area contributed by atoms with Crippen molar-refractivity contribution in [2.24, 2.45) is 11.3 Å². The van der Waals surface area contributed by atoms with E-state index in [0.29, 0.717) is 0 Å². The first-order valence-corrected chi connectivity index (χ1v) is 6.42. The molecule has 1 aromatic rings. The number of hydrogen-bond donors (Lipinski definition) is 1. The molecule has 98 valence electrons. The van der Waals surface area contributed by atoms with Crippen LogP contribution < -0.4 is 0 Å². The van der Waals surface area contributed by atoms with Crippen LogP contribution in [-0.4, -0.2) is 5.11 Å². The van der Waals surface area contributed by atoms with Crippen LogP contribution in [0.3, 0.4) is 0 Å². The smallest absolute Gasteiger partial charge is 0.115 e. The Morgan fingerprint density at radius 3 is 2.00 bits per heavy atom. The van der Waals surface area contributed by atoms with E-state index in [-0.39, 0.29) is 17.1 Å². The molecular formula is C16H23NO. The van der Waals surface area contributed by atoms with E-state index in [0.717, 1.165) is 12.0 Å². The van der Waals surface area contributed by atoms with E-state index >= 15 is 0 Å². The quantitative estimate of drug-likeness (QED) is 0.865. The Kier molecular flexibility index (Phi) is 4.06. The van der Waals surface area contributed by atoms with Gasteiger partial charge in [0.1, 0.15) is 5.75 Å². The number of phenols is 1. The lowest BCUT2D eigenvalue weighted by atomic mass is 9.64. The molecule has 0 heterocycles. The van der Waals surface area contributed by atoms with E-state index in [1.54, 1.807) is 12.1 Å². The number of hydrogen-bond acceptors (Lipinski definition) is 2. The average molecular weight is 245 g/mol. The third-order valence-electron chi connectivity index (χ3n) is 3.38. The van der Waals surface area contributed by atoms with Crippen molar-refractivity contribution >= 4 is 0 Å². The van der Waals surface area contributed by atoms with Crippen LogP contribution in [0.5, 0.6) is 5.75 Å². The molecule has 0 radical (unpaired) electrons. The molecule has 0 saturated carbocycles. The topological polar surface area (TPSA) is 44.0 Å². The lowest BCUT2D eigenvalue weighted by molar-refractivity contribution is 0.246. The highest BCUT2D eigenvalue weighted by Gasteiger charge is 2.39. The molecule has 2 nitrogen and oxygen atoms in total. The van der Waals surface area contributed by atoms with Gasteiger partial charge in [-0.15, -0.1) is 0 Å². The van der Waals surface area contributed by atoms with Gasteiger partial charge in [0.05, 0.1) is 11.5 Å². The molecule has 0 spiro atoms. The Balaban J connectivity index is 3.29. The van der Waals surface area contributed by atoms with Crippen molar-refractivity contribution in [2.75, 3.05) is 0 Å². The summed E-state index contributed by atoms with van der Waals surface area (Å²) in [6, 6.07) is 9.57. The molecule has 0 saturated heterocycles. The fourth-order valence-corrected chi connectivity index (χ4v) is 2.47. The second-order valence-corrected chi connectivity index (χ2v) is 6.52. The predicted octanol–water partition coefficient (Wildman–Crippen LogP) is 4.25. The standard InChI is InChI=1S/C16H23NO/c1-12(2)16(11-17,10-15(3,4)5)13-6-8-14(18)9-7-13/h6-9,12,18H,10H2,1-5H3. The van der Waals surface area contributed by atoms with Crippen molar-refractivity contribution in [2.45, 2.75) is 46.5 Å². The van der Waals surface area contributed by atoms with Gasteiger partial charge in [0.2, 0.25) is 0 Å². The number of rotatable bonds is 3. The van der Waals surface area contributed by atoms with Crippen LogP contribution in [0, 0.1) is 22.7 Å². The fourth-order valence-electron chi connectivity index (χ4n) is 2.47. The van der Waals surface area contributed by atoms with Gasteiger partial charge in [-0.2, -0.15) is 5.26 Å². The maximum atomic E-state index is 9.72. The highest BCUT2D eigenvalue weighted by Crippen LogP contribution is 2.42. The van der Waals surface area contributed by atoms with E-state index in [1.165, 1.54) is 0 Å². The van der Waals surface area contributed by atoms with E-state index in [9.17, 15) is 10.4 Å². The van der Waals surface area contributed by atoms with Gasteiger partial charge in [-0.1, -0.05) is 46.8 Å². The molecule has 1 aromatic carbocycles. The number of benzene rings is 1. The molecule has 0 aliphatic carbocycles. The number of nitriles is 1. The molecule has 1 rings (SSSR count). The van der Waals surface area contributed by atoms with Crippen LogP contribution in [0.1, 0.15) is 46.6 Å². The second-order valence-electron chi connectivity index (χ2n) is 6.52. The van der Waals surface area contributed by atoms with Crippen LogP contribution in [-0.2, 0) is 5.41 Å². The molecule has 18 heavy (non-hydrogen) atoms. The summed E-state index contributed by atoms with van der Waals surface area (Å²) in [6.45, 7) is 10.6. The van der Waals surface area contributed by atoms with E-state index in [1.807, 2.05) is 12.1 Å². The largest absolute Gasteiger partial charge is 0.508 e. The summed E-state index contributed by atoms with van der Waals surface area (Å²) in [7, 11) is 0. The van der Waals surface area contributed by atoms with Gasteiger partial charge in [0.25, 0.3) is 0 Å². The third-order valence-corrected chi connectivity index (χ3v) is 3.38. The Labute approximate surface area is 110 Å². The van der Waals surface area contributed by atoms with Gasteiger partial charge in [0, 0.05) is 0 Å². The normalized spacial score (nSPS) is 15.2. The fraction of sp³-hybridized carbons (Fsp3) is 0.562. The highest BCUT2D eigenvalue weighted by atomic mass is 16.3. The van der Waals surface area contributed by atoms with Gasteiger partial charge in [-0.3, -0.25) is 0 Å². The number of nitrogens with zero attached hydrogens (tertiary/aromatic N) is 1. The maximum absolute atomic E-state index is 9.72.